The van der Waals surface area contributed by atoms with Gasteiger partial charge in [0.25, 0.3) is 5.91 Å². The molecular formula is C21H26N2O. The summed E-state index contributed by atoms with van der Waals surface area (Å²) in [6.07, 6.45) is 5.43. The predicted octanol–water partition coefficient (Wildman–Crippen LogP) is 5.16. The lowest BCUT2D eigenvalue weighted by Crippen LogP contribution is -2.14. The maximum absolute atomic E-state index is 12.4. The van der Waals surface area contributed by atoms with Crippen molar-refractivity contribution < 1.29 is 4.79 Å². The molecule has 1 aliphatic carbocycles. The van der Waals surface area contributed by atoms with Gasteiger partial charge in [0.15, 0.2) is 0 Å². The first-order chi connectivity index (χ1) is 11.6. The van der Waals surface area contributed by atoms with Crippen LogP contribution in [-0.4, -0.2) is 12.5 Å². The Bertz CT molecular complexity index is 700. The van der Waals surface area contributed by atoms with E-state index in [1.807, 2.05) is 56.3 Å². The molecule has 2 aromatic rings. The quantitative estimate of drug-likeness (QED) is 0.798. The van der Waals surface area contributed by atoms with Crippen molar-refractivity contribution in [1.82, 2.24) is 0 Å². The second-order valence-corrected chi connectivity index (χ2v) is 6.88. The minimum Gasteiger partial charge on any atom is -0.385 e. The van der Waals surface area contributed by atoms with Crippen molar-refractivity contribution in [3.63, 3.8) is 0 Å². The lowest BCUT2D eigenvalue weighted by molar-refractivity contribution is 0.102. The molecule has 2 N–H and O–H groups in total. The van der Waals surface area contributed by atoms with E-state index in [2.05, 4.69) is 10.6 Å². The molecule has 0 aromatic heterocycles. The second kappa shape index (κ2) is 7.52. The number of hydrogen-bond donors (Lipinski definition) is 2. The van der Waals surface area contributed by atoms with Crippen molar-refractivity contribution >= 4 is 17.3 Å². The number of carbonyl (C=O) groups excluding carboxylic acids is 1. The molecule has 1 aliphatic rings. The lowest BCUT2D eigenvalue weighted by atomic mass is 10.1. The molecule has 1 amide bonds. The Hall–Kier alpha value is -2.29. The van der Waals surface area contributed by atoms with Gasteiger partial charge >= 0.3 is 0 Å². The smallest absolute Gasteiger partial charge is 0.255 e. The summed E-state index contributed by atoms with van der Waals surface area (Å²) in [6.45, 7) is 5.05. The van der Waals surface area contributed by atoms with Crippen LogP contribution in [-0.2, 0) is 0 Å². The topological polar surface area (TPSA) is 41.1 Å². The van der Waals surface area contributed by atoms with Gasteiger partial charge in [0.05, 0.1) is 0 Å². The van der Waals surface area contributed by atoms with Gasteiger partial charge in [-0.2, -0.15) is 0 Å². The molecule has 24 heavy (non-hydrogen) atoms. The van der Waals surface area contributed by atoms with Crippen LogP contribution in [0, 0.1) is 19.8 Å². The molecule has 1 saturated carbocycles. The van der Waals surface area contributed by atoms with Crippen molar-refractivity contribution in [1.29, 1.82) is 0 Å². The van der Waals surface area contributed by atoms with Gasteiger partial charge < -0.3 is 10.6 Å². The summed E-state index contributed by atoms with van der Waals surface area (Å²) in [7, 11) is 0. The van der Waals surface area contributed by atoms with Gasteiger partial charge in [0, 0.05) is 23.5 Å². The molecule has 2 aromatic carbocycles. The Morgan fingerprint density at radius 3 is 2.33 bits per heavy atom. The summed E-state index contributed by atoms with van der Waals surface area (Å²) in [5.41, 5.74) is 4.84. The average Bonchev–Trinajstić information content (AvgIpc) is 3.07. The number of aryl methyl sites for hydroxylation is 2. The highest BCUT2D eigenvalue weighted by Gasteiger charge is 2.14. The molecule has 1 fully saturated rings. The molecule has 0 spiro atoms. The lowest BCUT2D eigenvalue weighted by Gasteiger charge is -2.13. The van der Waals surface area contributed by atoms with Crippen LogP contribution in [0.4, 0.5) is 11.4 Å². The van der Waals surface area contributed by atoms with E-state index in [0.29, 0.717) is 0 Å². The average molecular weight is 322 g/mol. The van der Waals surface area contributed by atoms with Gasteiger partial charge in [0.1, 0.15) is 0 Å². The monoisotopic (exact) mass is 322 g/mol. The van der Waals surface area contributed by atoms with Crippen LogP contribution in [0.3, 0.4) is 0 Å². The fourth-order valence-electron chi connectivity index (χ4n) is 3.41. The third kappa shape index (κ3) is 4.16. The van der Waals surface area contributed by atoms with Crippen LogP contribution in [0.2, 0.25) is 0 Å². The Labute approximate surface area is 144 Å². The maximum Gasteiger partial charge on any atom is 0.255 e. The second-order valence-electron chi connectivity index (χ2n) is 6.88. The zero-order valence-electron chi connectivity index (χ0n) is 14.6. The molecule has 0 bridgehead atoms. The zero-order valence-corrected chi connectivity index (χ0v) is 14.6. The van der Waals surface area contributed by atoms with Gasteiger partial charge in [-0.1, -0.05) is 30.5 Å². The van der Waals surface area contributed by atoms with E-state index in [1.165, 1.54) is 31.2 Å². The summed E-state index contributed by atoms with van der Waals surface area (Å²) in [6, 6.07) is 13.9. The molecule has 0 aliphatic heterocycles. The summed E-state index contributed by atoms with van der Waals surface area (Å²) < 4.78 is 0. The van der Waals surface area contributed by atoms with Crippen molar-refractivity contribution in [3.05, 3.63) is 59.2 Å². The van der Waals surface area contributed by atoms with Crippen LogP contribution in [0.1, 0.15) is 47.2 Å². The van der Waals surface area contributed by atoms with Gasteiger partial charge in [-0.25, -0.2) is 0 Å². The first-order valence-corrected chi connectivity index (χ1v) is 8.84. The molecule has 0 heterocycles. The molecule has 0 radical (unpaired) electrons. The highest BCUT2D eigenvalue weighted by atomic mass is 16.1. The predicted molar refractivity (Wildman–Crippen MR) is 101 cm³/mol. The minimum absolute atomic E-state index is 0.0563. The Morgan fingerprint density at radius 1 is 1.00 bits per heavy atom. The first-order valence-electron chi connectivity index (χ1n) is 8.84. The number of rotatable bonds is 5. The summed E-state index contributed by atoms with van der Waals surface area (Å²) in [5.74, 6) is 0.757. The molecule has 126 valence electrons. The molecule has 0 saturated heterocycles. The van der Waals surface area contributed by atoms with Crippen molar-refractivity contribution in [2.75, 3.05) is 17.2 Å². The van der Waals surface area contributed by atoms with Crippen LogP contribution in [0.15, 0.2) is 42.5 Å². The van der Waals surface area contributed by atoms with E-state index in [0.717, 1.165) is 35.0 Å². The normalized spacial score (nSPS) is 14.6. The first kappa shape index (κ1) is 16.6. The summed E-state index contributed by atoms with van der Waals surface area (Å²) in [5, 5.41) is 6.48. The van der Waals surface area contributed by atoms with E-state index in [4.69, 9.17) is 0 Å². The zero-order chi connectivity index (χ0) is 16.9. The molecule has 3 rings (SSSR count). The van der Waals surface area contributed by atoms with E-state index >= 15 is 0 Å². The molecule has 0 atom stereocenters. The Balaban J connectivity index is 1.58. The molecule has 3 nitrogen and oxygen atoms in total. The minimum atomic E-state index is -0.0563. The number of benzene rings is 2. The number of amides is 1. The fraction of sp³-hybridized carbons (Fsp3) is 0.381. The summed E-state index contributed by atoms with van der Waals surface area (Å²) in [4.78, 5) is 12.4. The number of nitrogens with one attached hydrogen (secondary N) is 2. The highest BCUT2D eigenvalue weighted by Crippen LogP contribution is 2.25. The van der Waals surface area contributed by atoms with Crippen molar-refractivity contribution in [2.45, 2.75) is 39.5 Å². The fourth-order valence-corrected chi connectivity index (χ4v) is 3.41. The van der Waals surface area contributed by atoms with Gasteiger partial charge in [-0.3, -0.25) is 4.79 Å². The SMILES string of the molecule is Cc1ccc(C(=O)Nc2ccc(NCC3CCCC3)cc2)c(C)c1. The van der Waals surface area contributed by atoms with Crippen LogP contribution in [0.25, 0.3) is 0 Å². The van der Waals surface area contributed by atoms with Crippen molar-refractivity contribution in [2.24, 2.45) is 5.92 Å². The Morgan fingerprint density at radius 2 is 1.67 bits per heavy atom. The van der Waals surface area contributed by atoms with Crippen LogP contribution in [0.5, 0.6) is 0 Å². The highest BCUT2D eigenvalue weighted by molar-refractivity contribution is 6.05. The van der Waals surface area contributed by atoms with Crippen molar-refractivity contribution in [3.8, 4) is 0 Å². The summed E-state index contributed by atoms with van der Waals surface area (Å²) >= 11 is 0. The third-order valence-electron chi connectivity index (χ3n) is 4.84. The van der Waals surface area contributed by atoms with E-state index in [-0.39, 0.29) is 5.91 Å². The third-order valence-corrected chi connectivity index (χ3v) is 4.84. The van der Waals surface area contributed by atoms with E-state index < -0.39 is 0 Å². The number of hydrogen-bond acceptors (Lipinski definition) is 2. The molecule has 0 unspecified atom stereocenters. The van der Waals surface area contributed by atoms with Crippen LogP contribution >= 0.6 is 0 Å². The number of anilines is 2. The van der Waals surface area contributed by atoms with Gasteiger partial charge in [-0.05, 0) is 68.5 Å². The van der Waals surface area contributed by atoms with Crippen LogP contribution < -0.4 is 10.6 Å². The molecular weight excluding hydrogens is 296 g/mol. The largest absolute Gasteiger partial charge is 0.385 e. The van der Waals surface area contributed by atoms with E-state index in [9.17, 15) is 4.79 Å². The standard InChI is InChI=1S/C21H26N2O/c1-15-7-12-20(16(2)13-15)21(24)23-19-10-8-18(9-11-19)22-14-17-5-3-4-6-17/h7-13,17,22H,3-6,14H2,1-2H3,(H,23,24). The van der Waals surface area contributed by atoms with Gasteiger partial charge in [-0.15, -0.1) is 0 Å². The van der Waals surface area contributed by atoms with E-state index in [1.54, 1.807) is 0 Å². The Kier molecular flexibility index (Phi) is 5.19. The van der Waals surface area contributed by atoms with Gasteiger partial charge in [0.2, 0.25) is 0 Å². The number of carbonyl (C=O) groups is 1. The molecule has 3 heteroatoms. The maximum atomic E-state index is 12.4.